The molecule has 4 nitrogen and oxygen atoms in total. The molecule has 0 bridgehead atoms. The maximum atomic E-state index is 12.1. The summed E-state index contributed by atoms with van der Waals surface area (Å²) in [7, 11) is 0. The molecule has 1 amide bonds. The van der Waals surface area contributed by atoms with Crippen LogP contribution < -0.4 is 10.1 Å². The van der Waals surface area contributed by atoms with Crippen molar-refractivity contribution in [2.75, 3.05) is 12.4 Å². The van der Waals surface area contributed by atoms with E-state index in [1.165, 1.54) is 11.8 Å². The van der Waals surface area contributed by atoms with Gasteiger partial charge in [0, 0.05) is 18.1 Å². The molecule has 0 radical (unpaired) electrons. The number of benzene rings is 2. The van der Waals surface area contributed by atoms with Crippen LogP contribution in [0.2, 0.25) is 5.02 Å². The fourth-order valence-electron chi connectivity index (χ4n) is 2.76. The third-order valence-corrected chi connectivity index (χ3v) is 5.28. The van der Waals surface area contributed by atoms with Gasteiger partial charge in [-0.15, -0.1) is 11.8 Å². The van der Waals surface area contributed by atoms with E-state index in [1.54, 1.807) is 12.1 Å². The van der Waals surface area contributed by atoms with Crippen molar-refractivity contribution in [3.8, 4) is 11.8 Å². The van der Waals surface area contributed by atoms with Gasteiger partial charge in [0.15, 0.2) is 0 Å². The van der Waals surface area contributed by atoms with Crippen LogP contribution in [-0.2, 0) is 4.79 Å². The number of nitriles is 1. The van der Waals surface area contributed by atoms with Crippen LogP contribution in [0.1, 0.15) is 17.9 Å². The van der Waals surface area contributed by atoms with Crippen LogP contribution in [-0.4, -0.2) is 18.3 Å². The number of nitrogens with one attached hydrogen (secondary N) is 1. The Labute approximate surface area is 161 Å². The zero-order valence-corrected chi connectivity index (χ0v) is 15.5. The molecule has 2 aromatic carbocycles. The summed E-state index contributed by atoms with van der Waals surface area (Å²) in [6.45, 7) is 0.419. The number of para-hydroxylation sites is 1. The van der Waals surface area contributed by atoms with E-state index in [0.29, 0.717) is 33.7 Å². The molecule has 1 heterocycles. The van der Waals surface area contributed by atoms with Crippen molar-refractivity contribution in [3.63, 3.8) is 0 Å². The van der Waals surface area contributed by atoms with Gasteiger partial charge in [0.2, 0.25) is 5.91 Å². The first-order chi connectivity index (χ1) is 12.7. The second-order valence-electron chi connectivity index (χ2n) is 5.70. The predicted molar refractivity (Wildman–Crippen MR) is 104 cm³/mol. The first-order valence-electron chi connectivity index (χ1n) is 8.18. The summed E-state index contributed by atoms with van der Waals surface area (Å²) in [5.41, 5.74) is 1.57. The van der Waals surface area contributed by atoms with Gasteiger partial charge < -0.3 is 10.1 Å². The molecule has 3 rings (SSSR count). The summed E-state index contributed by atoms with van der Waals surface area (Å²) >= 11 is 7.48. The van der Waals surface area contributed by atoms with Gasteiger partial charge in [-0.25, -0.2) is 0 Å². The molecule has 0 saturated heterocycles. The Morgan fingerprint density at radius 2 is 1.92 bits per heavy atom. The van der Waals surface area contributed by atoms with E-state index >= 15 is 0 Å². The van der Waals surface area contributed by atoms with E-state index in [0.717, 1.165) is 5.56 Å². The molecule has 1 N–H and O–H groups in total. The smallest absolute Gasteiger partial charge is 0.225 e. The number of halogens is 1. The van der Waals surface area contributed by atoms with Crippen molar-refractivity contribution in [3.05, 3.63) is 75.8 Å². The van der Waals surface area contributed by atoms with Crippen LogP contribution in [0.25, 0.3) is 0 Å². The quantitative estimate of drug-likeness (QED) is 0.745. The Morgan fingerprint density at radius 1 is 1.19 bits per heavy atom. The second-order valence-corrected chi connectivity index (χ2v) is 7.21. The number of hydrogen-bond donors (Lipinski definition) is 1. The van der Waals surface area contributed by atoms with Crippen molar-refractivity contribution in [2.24, 2.45) is 0 Å². The average Bonchev–Trinajstić information content (AvgIpc) is 2.67. The third-order valence-electron chi connectivity index (χ3n) is 3.98. The molecule has 0 aromatic heterocycles. The molecule has 132 valence electrons. The van der Waals surface area contributed by atoms with Crippen molar-refractivity contribution < 1.29 is 9.53 Å². The molecule has 1 atom stereocenters. The number of carbonyl (C=O) groups is 1. The molecule has 6 heteroatoms. The largest absolute Gasteiger partial charge is 0.491 e. The van der Waals surface area contributed by atoms with E-state index in [2.05, 4.69) is 11.4 Å². The molecule has 1 aliphatic heterocycles. The van der Waals surface area contributed by atoms with Gasteiger partial charge in [0.1, 0.15) is 5.75 Å². The number of ether oxygens (including phenoxy) is 1. The summed E-state index contributed by atoms with van der Waals surface area (Å²) in [4.78, 5) is 12.1. The number of hydrogen-bond acceptors (Lipinski definition) is 4. The van der Waals surface area contributed by atoms with Crippen molar-refractivity contribution >= 4 is 29.3 Å². The summed E-state index contributed by atoms with van der Waals surface area (Å²) < 4.78 is 5.66. The van der Waals surface area contributed by atoms with Gasteiger partial charge in [0.05, 0.1) is 28.3 Å². The topological polar surface area (TPSA) is 62.1 Å². The first-order valence-corrected chi connectivity index (χ1v) is 9.54. The van der Waals surface area contributed by atoms with Gasteiger partial charge in [-0.1, -0.05) is 54.1 Å². The maximum Gasteiger partial charge on any atom is 0.225 e. The van der Waals surface area contributed by atoms with E-state index in [1.807, 2.05) is 42.5 Å². The minimum atomic E-state index is -0.207. The molecule has 2 aromatic rings. The zero-order valence-electron chi connectivity index (χ0n) is 13.9. The van der Waals surface area contributed by atoms with E-state index in [-0.39, 0.29) is 18.2 Å². The normalized spacial score (nSPS) is 16.8. The van der Waals surface area contributed by atoms with Gasteiger partial charge in [-0.3, -0.25) is 4.79 Å². The van der Waals surface area contributed by atoms with Crippen LogP contribution >= 0.6 is 23.4 Å². The second kappa shape index (κ2) is 8.79. The molecule has 0 fully saturated rings. The van der Waals surface area contributed by atoms with Crippen LogP contribution in [0.3, 0.4) is 0 Å². The molecule has 26 heavy (non-hydrogen) atoms. The van der Waals surface area contributed by atoms with Crippen molar-refractivity contribution in [1.29, 1.82) is 5.26 Å². The maximum absolute atomic E-state index is 12.1. The van der Waals surface area contributed by atoms with E-state index < -0.39 is 0 Å². The highest BCUT2D eigenvalue weighted by Crippen LogP contribution is 2.35. The van der Waals surface area contributed by atoms with Crippen LogP contribution in [0.5, 0.6) is 5.75 Å². The van der Waals surface area contributed by atoms with Crippen LogP contribution in [0.4, 0.5) is 0 Å². The molecule has 0 unspecified atom stereocenters. The number of rotatable bonds is 6. The minimum Gasteiger partial charge on any atom is -0.491 e. The molecule has 0 aliphatic carbocycles. The monoisotopic (exact) mass is 384 g/mol. The number of carbonyl (C=O) groups excluding carboxylic acids is 1. The number of allylic oxidation sites excluding steroid dienone is 1. The summed E-state index contributed by atoms with van der Waals surface area (Å²) in [6.07, 6.45) is 0.285. The lowest BCUT2D eigenvalue weighted by molar-refractivity contribution is -0.120. The SMILES string of the molecule is N#CC1=C(SCCOc2ccccc2Cl)NC(=O)C[C@H]1c1ccccc1. The molecule has 0 spiro atoms. The number of amides is 1. The van der Waals surface area contributed by atoms with Crippen LogP contribution in [0.15, 0.2) is 65.2 Å². The lowest BCUT2D eigenvalue weighted by Gasteiger charge is -2.25. The summed E-state index contributed by atoms with van der Waals surface area (Å²) in [6, 6.07) is 19.2. The van der Waals surface area contributed by atoms with Gasteiger partial charge in [0.25, 0.3) is 0 Å². The highest BCUT2D eigenvalue weighted by molar-refractivity contribution is 8.03. The van der Waals surface area contributed by atoms with Crippen molar-refractivity contribution in [1.82, 2.24) is 5.32 Å². The Bertz CT molecular complexity index is 862. The fraction of sp³-hybridized carbons (Fsp3) is 0.200. The fourth-order valence-corrected chi connectivity index (χ4v) is 3.85. The van der Waals surface area contributed by atoms with Crippen molar-refractivity contribution in [2.45, 2.75) is 12.3 Å². The highest BCUT2D eigenvalue weighted by Gasteiger charge is 2.29. The Hall–Kier alpha value is -2.42. The van der Waals surface area contributed by atoms with Gasteiger partial charge in [-0.05, 0) is 17.7 Å². The lowest BCUT2D eigenvalue weighted by atomic mass is 9.87. The summed E-state index contributed by atoms with van der Waals surface area (Å²) in [5, 5.41) is 13.6. The summed E-state index contributed by atoms with van der Waals surface area (Å²) in [5.74, 6) is 0.932. The Morgan fingerprint density at radius 3 is 2.65 bits per heavy atom. The highest BCUT2D eigenvalue weighted by atomic mass is 35.5. The van der Waals surface area contributed by atoms with Crippen LogP contribution in [0, 0.1) is 11.3 Å². The lowest BCUT2D eigenvalue weighted by Crippen LogP contribution is -2.31. The number of nitrogens with zero attached hydrogens (tertiary/aromatic N) is 1. The zero-order chi connectivity index (χ0) is 18.4. The Kier molecular flexibility index (Phi) is 6.21. The molecule has 0 saturated carbocycles. The Balaban J connectivity index is 1.68. The first kappa shape index (κ1) is 18.4. The molecular formula is C20H17ClN2O2S. The van der Waals surface area contributed by atoms with Gasteiger partial charge >= 0.3 is 0 Å². The minimum absolute atomic E-state index is 0.0765. The standard InChI is InChI=1S/C20H17ClN2O2S/c21-17-8-4-5-9-18(17)25-10-11-26-20-16(13-22)15(12-19(24)23-20)14-6-2-1-3-7-14/h1-9,15H,10-12H2,(H,23,24)/t15-/m0/s1. The number of thioether (sulfide) groups is 1. The third kappa shape index (κ3) is 4.40. The van der Waals surface area contributed by atoms with E-state index in [9.17, 15) is 10.1 Å². The predicted octanol–water partition coefficient (Wildman–Crippen LogP) is 4.49. The average molecular weight is 385 g/mol. The van der Waals surface area contributed by atoms with Gasteiger partial charge in [-0.2, -0.15) is 5.26 Å². The molecule has 1 aliphatic rings. The molecular weight excluding hydrogens is 368 g/mol. The van der Waals surface area contributed by atoms with E-state index in [4.69, 9.17) is 16.3 Å².